The molecule has 4 heteroatoms. The van der Waals surface area contributed by atoms with Gasteiger partial charge in [0.25, 0.3) is 0 Å². The average Bonchev–Trinajstić information content (AvgIpc) is 3.07. The number of carbonyl (C=O) groups excluding carboxylic acids is 2. The molecule has 0 atom stereocenters. The first-order valence-corrected chi connectivity index (χ1v) is 7.80. The van der Waals surface area contributed by atoms with Gasteiger partial charge in [0.2, 0.25) is 0 Å². The zero-order valence-corrected chi connectivity index (χ0v) is 13.9. The van der Waals surface area contributed by atoms with Crippen LogP contribution >= 0.6 is 0 Å². The van der Waals surface area contributed by atoms with Gasteiger partial charge in [-0.3, -0.25) is 0 Å². The Morgan fingerprint density at radius 2 is 1.33 bits per heavy atom. The minimum absolute atomic E-state index is 0.292. The van der Waals surface area contributed by atoms with Crippen molar-refractivity contribution in [3.05, 3.63) is 57.6 Å². The fourth-order valence-electron chi connectivity index (χ4n) is 3.44. The largest absolute Gasteiger partial charge is 0.422 e. The molecule has 0 unspecified atom stereocenters. The zero-order valence-electron chi connectivity index (χ0n) is 13.9. The van der Waals surface area contributed by atoms with Gasteiger partial charge in [0.05, 0.1) is 11.1 Å². The van der Waals surface area contributed by atoms with Gasteiger partial charge in [-0.15, -0.1) is 0 Å². The van der Waals surface area contributed by atoms with Crippen LogP contribution in [0, 0.1) is 27.7 Å². The molecule has 120 valence electrons. The predicted molar refractivity (Wildman–Crippen MR) is 89.9 cm³/mol. The highest BCUT2D eigenvalue weighted by Gasteiger charge is 2.40. The Balaban J connectivity index is 2.11. The summed E-state index contributed by atoms with van der Waals surface area (Å²) in [5.41, 5.74) is 6.03. The molecule has 0 aromatic heterocycles. The Morgan fingerprint density at radius 1 is 0.708 bits per heavy atom. The zero-order chi connectivity index (χ0) is 17.2. The van der Waals surface area contributed by atoms with E-state index in [0.29, 0.717) is 33.8 Å². The number of ether oxygens (including phenoxy) is 2. The molecule has 2 heterocycles. The summed E-state index contributed by atoms with van der Waals surface area (Å²) in [5.74, 6) is 0.0286. The van der Waals surface area contributed by atoms with E-state index in [4.69, 9.17) is 9.47 Å². The molecule has 0 radical (unpaired) electrons. The van der Waals surface area contributed by atoms with Crippen LogP contribution in [0.2, 0.25) is 0 Å². The highest BCUT2D eigenvalue weighted by molar-refractivity contribution is 6.41. The van der Waals surface area contributed by atoms with E-state index in [2.05, 4.69) is 0 Å². The summed E-state index contributed by atoms with van der Waals surface area (Å²) >= 11 is 0. The van der Waals surface area contributed by atoms with E-state index in [-0.39, 0.29) is 0 Å². The third-order valence-corrected chi connectivity index (χ3v) is 5.09. The lowest BCUT2D eigenvalue weighted by molar-refractivity contribution is -0.129. The Kier molecular flexibility index (Phi) is 2.94. The Morgan fingerprint density at radius 3 is 2.08 bits per heavy atom. The van der Waals surface area contributed by atoms with Crippen molar-refractivity contribution in [2.75, 3.05) is 0 Å². The van der Waals surface area contributed by atoms with Crippen LogP contribution in [0.5, 0.6) is 11.5 Å². The van der Waals surface area contributed by atoms with E-state index in [1.165, 1.54) is 0 Å². The maximum Gasteiger partial charge on any atom is 0.345 e. The second-order valence-electron chi connectivity index (χ2n) is 6.23. The van der Waals surface area contributed by atoms with Crippen molar-refractivity contribution in [3.8, 4) is 11.5 Å². The van der Waals surface area contributed by atoms with Gasteiger partial charge in [-0.1, -0.05) is 18.2 Å². The van der Waals surface area contributed by atoms with E-state index in [9.17, 15) is 9.59 Å². The van der Waals surface area contributed by atoms with Crippen LogP contribution in [0.3, 0.4) is 0 Å². The quantitative estimate of drug-likeness (QED) is 0.422. The second kappa shape index (κ2) is 4.81. The van der Waals surface area contributed by atoms with Crippen LogP contribution in [0.15, 0.2) is 24.3 Å². The molecule has 0 N–H and O–H groups in total. The maximum absolute atomic E-state index is 12.6. The first-order valence-electron chi connectivity index (χ1n) is 7.80. The molecule has 0 amide bonds. The van der Waals surface area contributed by atoms with Crippen molar-refractivity contribution in [2.24, 2.45) is 0 Å². The number of rotatable bonds is 0. The lowest BCUT2D eigenvalue weighted by atomic mass is 9.88. The number of benzene rings is 2. The van der Waals surface area contributed by atoms with Crippen molar-refractivity contribution < 1.29 is 19.1 Å². The van der Waals surface area contributed by atoms with Crippen LogP contribution in [-0.2, 0) is 9.59 Å². The molecule has 0 aliphatic carbocycles. The summed E-state index contributed by atoms with van der Waals surface area (Å²) in [6, 6.07) is 7.13. The summed E-state index contributed by atoms with van der Waals surface area (Å²) in [6.45, 7) is 7.91. The second-order valence-corrected chi connectivity index (χ2v) is 6.23. The maximum atomic E-state index is 12.6. The molecule has 2 aromatic carbocycles. The molecule has 0 fully saturated rings. The van der Waals surface area contributed by atoms with Gasteiger partial charge in [-0.25, -0.2) is 9.59 Å². The smallest absolute Gasteiger partial charge is 0.345 e. The Labute approximate surface area is 139 Å². The van der Waals surface area contributed by atoms with Crippen LogP contribution in [0.25, 0.3) is 11.1 Å². The van der Waals surface area contributed by atoms with Crippen molar-refractivity contribution in [3.63, 3.8) is 0 Å². The number of fused-ring (bicyclic) bond motifs is 2. The SMILES string of the molecule is Cc1c(C)c(C)c2c(c1C)OC(=O)/C2=C1/C(=O)Oc2ccccc21. The van der Waals surface area contributed by atoms with Crippen LogP contribution in [-0.4, -0.2) is 11.9 Å². The van der Waals surface area contributed by atoms with Crippen LogP contribution in [0.4, 0.5) is 0 Å². The molecule has 4 nitrogen and oxygen atoms in total. The topological polar surface area (TPSA) is 52.6 Å². The number of hydrogen-bond donors (Lipinski definition) is 0. The predicted octanol–water partition coefficient (Wildman–Crippen LogP) is 3.67. The van der Waals surface area contributed by atoms with E-state index in [1.807, 2.05) is 33.8 Å². The van der Waals surface area contributed by atoms with Crippen molar-refractivity contribution >= 4 is 23.1 Å². The molecule has 4 rings (SSSR count). The first-order chi connectivity index (χ1) is 11.4. The summed E-state index contributed by atoms with van der Waals surface area (Å²) in [7, 11) is 0. The number of hydrogen-bond acceptors (Lipinski definition) is 4. The van der Waals surface area contributed by atoms with E-state index >= 15 is 0 Å². The van der Waals surface area contributed by atoms with Gasteiger partial charge in [-0.05, 0) is 56.0 Å². The molecule has 0 bridgehead atoms. The van der Waals surface area contributed by atoms with E-state index in [0.717, 1.165) is 22.3 Å². The molecule has 24 heavy (non-hydrogen) atoms. The third-order valence-electron chi connectivity index (χ3n) is 5.09. The van der Waals surface area contributed by atoms with Crippen LogP contribution < -0.4 is 9.47 Å². The standard InChI is InChI=1S/C20H16O4/c1-9-10(2)12(4)18-15(11(9)3)17(20(22)24-18)16-13-7-5-6-8-14(13)23-19(16)21/h5-8H,1-4H3/b17-16+. The van der Waals surface area contributed by atoms with Gasteiger partial charge in [0.15, 0.2) is 0 Å². The highest BCUT2D eigenvalue weighted by atomic mass is 16.5. The number of carbonyl (C=O) groups is 2. The summed E-state index contributed by atoms with van der Waals surface area (Å²) in [6.07, 6.45) is 0. The molecule has 2 aromatic rings. The minimum Gasteiger partial charge on any atom is -0.422 e. The minimum atomic E-state index is -0.508. The van der Waals surface area contributed by atoms with Gasteiger partial charge < -0.3 is 9.47 Å². The molecule has 2 aliphatic rings. The summed E-state index contributed by atoms with van der Waals surface area (Å²) in [4.78, 5) is 25.0. The monoisotopic (exact) mass is 320 g/mol. The molecular formula is C20H16O4. The number of para-hydroxylation sites is 1. The molecule has 0 spiro atoms. The Bertz CT molecular complexity index is 980. The Hall–Kier alpha value is -2.88. The van der Waals surface area contributed by atoms with Crippen molar-refractivity contribution in [1.29, 1.82) is 0 Å². The van der Waals surface area contributed by atoms with Gasteiger partial charge >= 0.3 is 11.9 Å². The molecule has 0 saturated carbocycles. The first kappa shape index (κ1) is 14.7. The van der Waals surface area contributed by atoms with E-state index in [1.54, 1.807) is 18.2 Å². The fourth-order valence-corrected chi connectivity index (χ4v) is 3.44. The van der Waals surface area contributed by atoms with Crippen molar-refractivity contribution in [1.82, 2.24) is 0 Å². The number of esters is 2. The molecule has 2 aliphatic heterocycles. The van der Waals surface area contributed by atoms with E-state index < -0.39 is 11.9 Å². The lowest BCUT2D eigenvalue weighted by Crippen LogP contribution is -2.08. The third kappa shape index (κ3) is 1.74. The lowest BCUT2D eigenvalue weighted by Gasteiger charge is -2.13. The highest BCUT2D eigenvalue weighted by Crippen LogP contribution is 2.48. The molecule has 0 saturated heterocycles. The van der Waals surface area contributed by atoms with Gasteiger partial charge in [0, 0.05) is 11.1 Å². The van der Waals surface area contributed by atoms with Crippen molar-refractivity contribution in [2.45, 2.75) is 27.7 Å². The average molecular weight is 320 g/mol. The normalized spacial score (nSPS) is 18.3. The van der Waals surface area contributed by atoms with Gasteiger partial charge in [-0.2, -0.15) is 0 Å². The summed E-state index contributed by atoms with van der Waals surface area (Å²) < 4.78 is 10.9. The summed E-state index contributed by atoms with van der Waals surface area (Å²) in [5, 5.41) is 0. The molecular weight excluding hydrogens is 304 g/mol. The van der Waals surface area contributed by atoms with Gasteiger partial charge in [0.1, 0.15) is 11.5 Å². The fraction of sp³-hybridized carbons (Fsp3) is 0.200. The van der Waals surface area contributed by atoms with Crippen LogP contribution in [0.1, 0.15) is 33.4 Å².